The van der Waals surface area contributed by atoms with Crippen molar-refractivity contribution < 1.29 is 22.5 Å². The second-order valence-electron chi connectivity index (χ2n) is 5.93. The van der Waals surface area contributed by atoms with Crippen molar-refractivity contribution in [1.29, 1.82) is 0 Å². The number of aromatic nitrogens is 1. The third kappa shape index (κ3) is 4.46. The lowest BCUT2D eigenvalue weighted by Gasteiger charge is -2.33. The van der Waals surface area contributed by atoms with E-state index in [2.05, 4.69) is 10.5 Å². The van der Waals surface area contributed by atoms with E-state index < -0.39 is 18.0 Å². The summed E-state index contributed by atoms with van der Waals surface area (Å²) in [7, 11) is 0. The predicted octanol–water partition coefficient (Wildman–Crippen LogP) is 3.01. The Bertz CT molecular complexity index is 514. The molecule has 0 bridgehead atoms. The van der Waals surface area contributed by atoms with E-state index in [1.807, 2.05) is 13.8 Å². The molecule has 1 aliphatic rings. The van der Waals surface area contributed by atoms with Crippen LogP contribution in [0.5, 0.6) is 0 Å². The number of halogens is 3. The molecule has 0 aromatic carbocycles. The van der Waals surface area contributed by atoms with Crippen LogP contribution in [-0.2, 0) is 4.79 Å². The van der Waals surface area contributed by atoms with Crippen molar-refractivity contribution in [2.45, 2.75) is 38.8 Å². The number of alkyl halides is 3. The highest BCUT2D eigenvalue weighted by atomic mass is 19.4. The van der Waals surface area contributed by atoms with Crippen LogP contribution in [-0.4, -0.2) is 41.8 Å². The topological polar surface area (TPSA) is 58.4 Å². The van der Waals surface area contributed by atoms with E-state index in [4.69, 9.17) is 4.52 Å². The predicted molar refractivity (Wildman–Crippen MR) is 74.4 cm³/mol. The van der Waals surface area contributed by atoms with E-state index in [0.29, 0.717) is 18.7 Å². The van der Waals surface area contributed by atoms with E-state index >= 15 is 0 Å². The van der Waals surface area contributed by atoms with E-state index in [-0.39, 0.29) is 31.3 Å². The average molecular weight is 319 g/mol. The van der Waals surface area contributed by atoms with Gasteiger partial charge in [0.05, 0.1) is 18.2 Å². The average Bonchev–Trinajstić information content (AvgIpc) is 2.86. The standard InChI is InChI=1S/C14H20F3N3O2/c1-9(2)11-6-13(22-19-11)18-12(21)8-20-5-3-4-10(7-20)14(15,16)17/h6,9-10H,3-5,7-8H2,1-2H3,(H,18,21). The maximum Gasteiger partial charge on any atom is 0.393 e. The molecule has 0 radical (unpaired) electrons. The van der Waals surface area contributed by atoms with Crippen LogP contribution in [0.15, 0.2) is 10.6 Å². The minimum atomic E-state index is -4.20. The van der Waals surface area contributed by atoms with Crippen LogP contribution in [0.2, 0.25) is 0 Å². The van der Waals surface area contributed by atoms with Gasteiger partial charge in [-0.15, -0.1) is 0 Å². The van der Waals surface area contributed by atoms with Gasteiger partial charge in [-0.2, -0.15) is 13.2 Å². The summed E-state index contributed by atoms with van der Waals surface area (Å²) in [4.78, 5) is 13.4. The number of hydrogen-bond acceptors (Lipinski definition) is 4. The first-order valence-electron chi connectivity index (χ1n) is 7.31. The van der Waals surface area contributed by atoms with Crippen LogP contribution >= 0.6 is 0 Å². The molecule has 0 saturated carbocycles. The lowest BCUT2D eigenvalue weighted by molar-refractivity contribution is -0.186. The second-order valence-corrected chi connectivity index (χ2v) is 5.93. The molecule has 1 N–H and O–H groups in total. The number of hydrogen-bond donors (Lipinski definition) is 1. The molecule has 1 saturated heterocycles. The van der Waals surface area contributed by atoms with Gasteiger partial charge in [-0.3, -0.25) is 15.0 Å². The third-order valence-electron chi connectivity index (χ3n) is 3.72. The van der Waals surface area contributed by atoms with Gasteiger partial charge in [0.15, 0.2) is 0 Å². The van der Waals surface area contributed by atoms with Gasteiger partial charge in [0.1, 0.15) is 0 Å². The van der Waals surface area contributed by atoms with Crippen molar-refractivity contribution in [3.05, 3.63) is 11.8 Å². The van der Waals surface area contributed by atoms with Gasteiger partial charge in [0, 0.05) is 12.6 Å². The maximum absolute atomic E-state index is 12.7. The van der Waals surface area contributed by atoms with E-state index in [1.54, 1.807) is 6.07 Å². The SMILES string of the molecule is CC(C)c1cc(NC(=O)CN2CCCC(C(F)(F)F)C2)on1. The zero-order chi connectivity index (χ0) is 16.3. The number of amides is 1. The Kier molecular flexibility index (Phi) is 5.10. The monoisotopic (exact) mass is 319 g/mol. The number of likely N-dealkylation sites (tertiary alicyclic amines) is 1. The number of nitrogens with zero attached hydrogens (tertiary/aromatic N) is 2. The van der Waals surface area contributed by atoms with Crippen LogP contribution in [0.1, 0.15) is 38.3 Å². The zero-order valence-corrected chi connectivity index (χ0v) is 12.6. The van der Waals surface area contributed by atoms with Gasteiger partial charge in [0.2, 0.25) is 11.8 Å². The Morgan fingerprint density at radius 1 is 1.55 bits per heavy atom. The fourth-order valence-electron chi connectivity index (χ4n) is 2.47. The number of nitrogens with one attached hydrogen (secondary N) is 1. The summed E-state index contributed by atoms with van der Waals surface area (Å²) in [5.74, 6) is -1.36. The molecule has 1 atom stereocenters. The molecule has 5 nitrogen and oxygen atoms in total. The van der Waals surface area contributed by atoms with Crippen molar-refractivity contribution in [2.24, 2.45) is 5.92 Å². The highest BCUT2D eigenvalue weighted by molar-refractivity contribution is 5.90. The van der Waals surface area contributed by atoms with Gasteiger partial charge in [0.25, 0.3) is 0 Å². The number of piperidine rings is 1. The Balaban J connectivity index is 1.86. The molecule has 2 heterocycles. The minimum Gasteiger partial charge on any atom is -0.338 e. The van der Waals surface area contributed by atoms with Crippen LogP contribution < -0.4 is 5.32 Å². The summed E-state index contributed by atoms with van der Waals surface area (Å²) in [5, 5.41) is 6.33. The fourth-order valence-corrected chi connectivity index (χ4v) is 2.47. The van der Waals surface area contributed by atoms with Crippen molar-refractivity contribution in [3.63, 3.8) is 0 Å². The Labute approximate surface area is 126 Å². The van der Waals surface area contributed by atoms with Gasteiger partial charge in [-0.25, -0.2) is 0 Å². The van der Waals surface area contributed by atoms with E-state index in [1.165, 1.54) is 4.90 Å². The Morgan fingerprint density at radius 3 is 2.86 bits per heavy atom. The van der Waals surface area contributed by atoms with Crippen molar-refractivity contribution in [3.8, 4) is 0 Å². The summed E-state index contributed by atoms with van der Waals surface area (Å²) < 4.78 is 43.2. The van der Waals surface area contributed by atoms with Crippen LogP contribution in [0.3, 0.4) is 0 Å². The molecule has 22 heavy (non-hydrogen) atoms. The molecule has 1 aromatic heterocycles. The van der Waals surface area contributed by atoms with Gasteiger partial charge in [-0.1, -0.05) is 19.0 Å². The number of carbonyl (C=O) groups is 1. The first-order chi connectivity index (χ1) is 10.3. The quantitative estimate of drug-likeness (QED) is 0.927. The van der Waals surface area contributed by atoms with E-state index in [9.17, 15) is 18.0 Å². The third-order valence-corrected chi connectivity index (χ3v) is 3.72. The lowest BCUT2D eigenvalue weighted by Crippen LogP contribution is -2.44. The lowest BCUT2D eigenvalue weighted by atomic mass is 9.97. The largest absolute Gasteiger partial charge is 0.393 e. The molecule has 124 valence electrons. The molecule has 0 aliphatic carbocycles. The maximum atomic E-state index is 12.7. The van der Waals surface area contributed by atoms with Gasteiger partial charge < -0.3 is 4.52 Å². The first-order valence-corrected chi connectivity index (χ1v) is 7.31. The Hall–Kier alpha value is -1.57. The van der Waals surface area contributed by atoms with Crippen LogP contribution in [0, 0.1) is 5.92 Å². The van der Waals surface area contributed by atoms with Gasteiger partial charge >= 0.3 is 6.18 Å². The summed E-state index contributed by atoms with van der Waals surface area (Å²) in [6.07, 6.45) is -3.63. The van der Waals surface area contributed by atoms with E-state index in [0.717, 1.165) is 0 Å². The molecule has 1 aromatic rings. The molecule has 8 heteroatoms. The minimum absolute atomic E-state index is 0.0791. The Morgan fingerprint density at radius 2 is 2.27 bits per heavy atom. The fraction of sp³-hybridized carbons (Fsp3) is 0.714. The van der Waals surface area contributed by atoms with Crippen molar-refractivity contribution in [1.82, 2.24) is 10.1 Å². The highest BCUT2D eigenvalue weighted by Crippen LogP contribution is 2.33. The molecule has 1 unspecified atom stereocenters. The molecule has 2 rings (SSSR count). The molecule has 0 spiro atoms. The van der Waals surface area contributed by atoms with Crippen LogP contribution in [0.4, 0.5) is 19.1 Å². The molecular formula is C14H20F3N3O2. The molecule has 1 amide bonds. The second kappa shape index (κ2) is 6.68. The first kappa shape index (κ1) is 16.8. The number of carbonyl (C=O) groups excluding carboxylic acids is 1. The normalized spacial score (nSPS) is 20.4. The smallest absolute Gasteiger partial charge is 0.338 e. The van der Waals surface area contributed by atoms with Crippen molar-refractivity contribution >= 4 is 11.8 Å². The summed E-state index contributed by atoms with van der Waals surface area (Å²) >= 11 is 0. The van der Waals surface area contributed by atoms with Crippen LogP contribution in [0.25, 0.3) is 0 Å². The summed E-state index contributed by atoms with van der Waals surface area (Å²) in [6.45, 7) is 4.16. The summed E-state index contributed by atoms with van der Waals surface area (Å²) in [5.41, 5.74) is 0.713. The summed E-state index contributed by atoms with van der Waals surface area (Å²) in [6, 6.07) is 1.62. The number of anilines is 1. The number of rotatable bonds is 4. The highest BCUT2D eigenvalue weighted by Gasteiger charge is 2.41. The molecule has 1 fully saturated rings. The molecular weight excluding hydrogens is 299 g/mol. The molecule has 1 aliphatic heterocycles. The van der Waals surface area contributed by atoms with Crippen molar-refractivity contribution in [2.75, 3.05) is 25.0 Å². The zero-order valence-electron chi connectivity index (χ0n) is 12.6. The van der Waals surface area contributed by atoms with Gasteiger partial charge in [-0.05, 0) is 25.3 Å².